The number of anilines is 1. The molecule has 3 aliphatic rings. The number of esters is 1. The molecule has 3 heterocycles. The number of nitrogens with two attached hydrogens (primary N) is 1. The molecule has 9 unspecified atom stereocenters. The number of aromatic hydroxyl groups is 3. The molecule has 9 N–H and O–H groups in total. The van der Waals surface area contributed by atoms with Crippen molar-refractivity contribution in [3.63, 3.8) is 0 Å². The number of carbonyl (C=O) groups excluding carboxylic acids is 3. The first-order valence-electron chi connectivity index (χ1n) is 17.8. The summed E-state index contributed by atoms with van der Waals surface area (Å²) in [5.74, 6) is -8.89. The maximum absolute atomic E-state index is 14.3. The van der Waals surface area contributed by atoms with Gasteiger partial charge in [0.2, 0.25) is 0 Å². The minimum absolute atomic E-state index is 0.0122. The number of nitrogens with zero attached hydrogens (tertiary/aromatic N) is 1. The third-order valence-corrected chi connectivity index (χ3v) is 10.5. The molecule has 0 radical (unpaired) electrons. The third-order valence-electron chi connectivity index (χ3n) is 10.4. The number of ether oxygens (including phenoxy) is 4. The summed E-state index contributed by atoms with van der Waals surface area (Å²) in [5.41, 5.74) is 7.04. The Bertz CT molecular complexity index is 2030. The van der Waals surface area contributed by atoms with Gasteiger partial charge < -0.3 is 55.5 Å². The first-order valence-corrected chi connectivity index (χ1v) is 18.3. The number of rotatable bonds is 4. The van der Waals surface area contributed by atoms with Crippen LogP contribution in [0.15, 0.2) is 41.2 Å². The van der Waals surface area contributed by atoms with Crippen LogP contribution in [0.2, 0.25) is 0 Å². The lowest BCUT2D eigenvalue weighted by Gasteiger charge is -2.38. The number of Topliss-reactive ketones (excluding diaryl/α,β-unsaturated/α-hetero) is 1. The van der Waals surface area contributed by atoms with Crippen LogP contribution < -0.4 is 21.2 Å². The fourth-order valence-electron chi connectivity index (χ4n) is 7.03. The van der Waals surface area contributed by atoms with E-state index in [1.54, 1.807) is 39.8 Å². The van der Waals surface area contributed by atoms with E-state index in [2.05, 4.69) is 15.8 Å². The molecule has 0 saturated carbocycles. The molecule has 0 aliphatic carbocycles. The lowest BCUT2D eigenvalue weighted by Crippen LogP contribution is -2.46. The second-order valence-corrected chi connectivity index (χ2v) is 14.8. The average Bonchev–Trinajstić information content (AvgIpc) is 3.41. The van der Waals surface area contributed by atoms with E-state index in [1.165, 1.54) is 47.0 Å². The average molecular weight is 799 g/mol. The van der Waals surface area contributed by atoms with Crippen LogP contribution in [-0.4, -0.2) is 91.8 Å². The number of benzene rings is 2. The van der Waals surface area contributed by atoms with Crippen LogP contribution in [0.1, 0.15) is 70.0 Å². The first kappa shape index (κ1) is 43.5. The molecule has 16 nitrogen and oxygen atoms in total. The summed E-state index contributed by atoms with van der Waals surface area (Å²) in [4.78, 5) is 40.1. The van der Waals surface area contributed by atoms with E-state index in [-0.39, 0.29) is 49.6 Å². The third kappa shape index (κ3) is 8.45. The fraction of sp³-hybridized carbons (Fsp3) is 0.462. The molecule has 2 aromatic rings. The predicted molar refractivity (Wildman–Crippen MR) is 211 cm³/mol. The summed E-state index contributed by atoms with van der Waals surface area (Å²) in [6.45, 7) is 12.3. The number of hydrogen-bond acceptors (Lipinski definition) is 14. The zero-order valence-electron chi connectivity index (χ0n) is 32.6. The van der Waals surface area contributed by atoms with E-state index in [4.69, 9.17) is 36.9 Å². The molecule has 56 heavy (non-hydrogen) atoms. The molecular weight excluding hydrogens is 749 g/mol. The highest BCUT2D eigenvalue weighted by molar-refractivity contribution is 7.80. The minimum Gasteiger partial charge on any atom is -0.507 e. The van der Waals surface area contributed by atoms with Crippen LogP contribution >= 0.6 is 12.2 Å². The van der Waals surface area contributed by atoms with Crippen LogP contribution in [-0.2, 0) is 23.8 Å². The highest BCUT2D eigenvalue weighted by Gasteiger charge is 2.50. The van der Waals surface area contributed by atoms with Crippen molar-refractivity contribution in [2.75, 3.05) is 12.4 Å². The van der Waals surface area contributed by atoms with Crippen molar-refractivity contribution in [1.29, 1.82) is 0 Å². The number of hydrazone groups is 1. The van der Waals surface area contributed by atoms with Gasteiger partial charge in [0, 0.05) is 61.2 Å². The maximum atomic E-state index is 14.3. The number of aliphatic hydroxyl groups is 2. The molecule has 5 bridgehead atoms. The number of fused-ring (bicyclic) bond motifs is 14. The van der Waals surface area contributed by atoms with Crippen molar-refractivity contribution >= 4 is 57.7 Å². The standard InChI is InChI=1S/C39H50N4O12S/c1-16-11-10-12-17(2)37(51)42-28-23(15-41-43-38(40)56)32(48)25-26(33(28)49)31(47)21(6)35-27(25)36(50)39(8,55-35)53-14-13-24(52-9)18(3)34(54-22(7)44)20(5)30(46)19(4)29(16)45/h10-16,18-20,24,29-30,34,45-49H,1-9H3,(H,42,51)(H3,40,43,56). The molecule has 0 saturated heterocycles. The molecule has 2 aromatic carbocycles. The van der Waals surface area contributed by atoms with Crippen molar-refractivity contribution in [1.82, 2.24) is 5.43 Å². The van der Waals surface area contributed by atoms with Crippen molar-refractivity contribution in [3.05, 3.63) is 52.8 Å². The lowest BCUT2D eigenvalue weighted by molar-refractivity contribution is -0.160. The van der Waals surface area contributed by atoms with Gasteiger partial charge in [-0.3, -0.25) is 19.8 Å². The Kier molecular flexibility index (Phi) is 13.4. The Balaban J connectivity index is 1.98. The molecule has 304 valence electrons. The monoisotopic (exact) mass is 798 g/mol. The second-order valence-electron chi connectivity index (χ2n) is 14.4. The number of allylic oxidation sites excluding steroid dienone is 2. The van der Waals surface area contributed by atoms with E-state index < -0.39 is 88.8 Å². The fourth-order valence-corrected chi connectivity index (χ4v) is 7.09. The van der Waals surface area contributed by atoms with Crippen LogP contribution in [0.3, 0.4) is 0 Å². The van der Waals surface area contributed by atoms with Crippen LogP contribution in [0.25, 0.3) is 10.8 Å². The number of carbonyl (C=O) groups is 3. The molecule has 17 heteroatoms. The molecule has 0 aromatic heterocycles. The summed E-state index contributed by atoms with van der Waals surface area (Å²) >= 11 is 4.81. The minimum atomic E-state index is -2.08. The van der Waals surface area contributed by atoms with Gasteiger partial charge in [-0.05, 0) is 32.1 Å². The number of phenols is 3. The molecular formula is C39H50N4O12S. The largest absolute Gasteiger partial charge is 0.507 e. The smallest absolute Gasteiger partial charge is 0.312 e. The van der Waals surface area contributed by atoms with Gasteiger partial charge in [0.05, 0.1) is 53.0 Å². The molecule has 9 atom stereocenters. The number of methoxy groups -OCH3 is 1. The summed E-state index contributed by atoms with van der Waals surface area (Å²) in [7, 11) is 1.42. The molecule has 1 amide bonds. The van der Waals surface area contributed by atoms with Crippen molar-refractivity contribution in [2.45, 2.75) is 85.6 Å². The Hall–Kier alpha value is -5.23. The van der Waals surface area contributed by atoms with Gasteiger partial charge in [-0.2, -0.15) is 5.10 Å². The zero-order chi connectivity index (χ0) is 42.0. The van der Waals surface area contributed by atoms with E-state index in [1.807, 2.05) is 0 Å². The quantitative estimate of drug-likeness (QED) is 0.0545. The predicted octanol–water partition coefficient (Wildman–Crippen LogP) is 3.92. The van der Waals surface area contributed by atoms with Crippen molar-refractivity contribution in [2.24, 2.45) is 34.5 Å². The summed E-state index contributed by atoms with van der Waals surface area (Å²) in [6, 6.07) is 0. The van der Waals surface area contributed by atoms with Crippen LogP contribution in [0.5, 0.6) is 23.0 Å². The second kappa shape index (κ2) is 17.3. The van der Waals surface area contributed by atoms with E-state index >= 15 is 0 Å². The SMILES string of the molecule is COC1C=COC2(C)Oc3c(C)c(O)c4c(O)c(c(C=NNC(N)=S)c(O)c4c3C2=O)NC(=O)C(C)=CC=CC(C)C(O)C(C)C(O)C(C)C(OC(C)=O)C1C. The van der Waals surface area contributed by atoms with Gasteiger partial charge in [0.1, 0.15) is 23.4 Å². The van der Waals surface area contributed by atoms with E-state index in [0.717, 1.165) is 12.5 Å². The van der Waals surface area contributed by atoms with Gasteiger partial charge in [0.25, 0.3) is 11.7 Å². The van der Waals surface area contributed by atoms with Crippen molar-refractivity contribution < 1.29 is 58.9 Å². The molecule has 0 spiro atoms. The summed E-state index contributed by atoms with van der Waals surface area (Å²) in [6.07, 6.45) is 4.31. The lowest BCUT2D eigenvalue weighted by atomic mass is 9.78. The Labute approximate surface area is 329 Å². The number of thiocarbonyl (C=S) groups is 1. The van der Waals surface area contributed by atoms with Gasteiger partial charge in [-0.1, -0.05) is 45.9 Å². The number of ketones is 1. The van der Waals surface area contributed by atoms with Gasteiger partial charge in [-0.25, -0.2) is 0 Å². The molecule has 0 fully saturated rings. The molecule has 5 rings (SSSR count). The van der Waals surface area contributed by atoms with Gasteiger partial charge >= 0.3 is 11.8 Å². The van der Waals surface area contributed by atoms with Gasteiger partial charge in [-0.15, -0.1) is 0 Å². The number of nitrogens with one attached hydrogen (secondary N) is 2. The summed E-state index contributed by atoms with van der Waals surface area (Å²) in [5, 5.41) is 63.1. The van der Waals surface area contributed by atoms with E-state index in [0.29, 0.717) is 0 Å². The summed E-state index contributed by atoms with van der Waals surface area (Å²) < 4.78 is 23.4. The zero-order valence-corrected chi connectivity index (χ0v) is 33.4. The number of aliphatic hydroxyl groups excluding tert-OH is 2. The van der Waals surface area contributed by atoms with Gasteiger partial charge in [0.15, 0.2) is 10.9 Å². The van der Waals surface area contributed by atoms with E-state index in [9.17, 15) is 39.9 Å². The first-order chi connectivity index (χ1) is 26.2. The maximum Gasteiger partial charge on any atom is 0.312 e. The normalized spacial score (nSPS) is 28.9. The van der Waals surface area contributed by atoms with Crippen molar-refractivity contribution in [3.8, 4) is 23.0 Å². The van der Waals surface area contributed by atoms with Crippen LogP contribution in [0.4, 0.5) is 5.69 Å². The Morgan fingerprint density at radius 2 is 1.68 bits per heavy atom. The number of phenolic OH excluding ortho intramolecular Hbond substituents is 3. The highest BCUT2D eigenvalue weighted by atomic mass is 32.1. The number of hydrogen-bond donors (Lipinski definition) is 8. The topological polar surface area (TPSA) is 252 Å². The van der Waals surface area contributed by atoms with Crippen LogP contribution in [0, 0.1) is 30.6 Å². The Morgan fingerprint density at radius 1 is 1.02 bits per heavy atom. The Morgan fingerprint density at radius 3 is 2.29 bits per heavy atom. The molecule has 3 aliphatic heterocycles. The highest BCUT2D eigenvalue weighted by Crippen LogP contribution is 2.55. The number of amides is 1.